The van der Waals surface area contributed by atoms with Crippen LogP contribution in [0.4, 0.5) is 0 Å². The second kappa shape index (κ2) is 4.27. The van der Waals surface area contributed by atoms with E-state index in [9.17, 15) is 0 Å². The normalized spacial score (nSPS) is 12.6. The highest BCUT2D eigenvalue weighted by molar-refractivity contribution is 7.98. The molecule has 0 aliphatic rings. The second-order valence-electron chi connectivity index (χ2n) is 3.55. The van der Waals surface area contributed by atoms with Crippen molar-refractivity contribution < 1.29 is 0 Å². The highest BCUT2D eigenvalue weighted by atomic mass is 32.2. The molecule has 10 heavy (non-hydrogen) atoms. The largest absolute Gasteiger partial charge is 0.113 e. The average molecular weight is 161 g/mol. The first-order valence-electron chi connectivity index (χ1n) is 4.17. The molecular weight excluding hydrogens is 140 g/mol. The van der Waals surface area contributed by atoms with Crippen molar-refractivity contribution in [3.05, 3.63) is 0 Å². The molecular formula is C9H21S+. The van der Waals surface area contributed by atoms with Crippen LogP contribution in [-0.4, -0.2) is 15.7 Å². The van der Waals surface area contributed by atoms with Gasteiger partial charge in [0.2, 0.25) is 0 Å². The maximum absolute atomic E-state index is 2.34. The Morgan fingerprint density at radius 3 is 0.800 bits per heavy atom. The monoisotopic (exact) mass is 161 g/mol. The first kappa shape index (κ1) is 10.3. The average Bonchev–Trinajstić information content (AvgIpc) is 1.59. The molecule has 0 amide bonds. The summed E-state index contributed by atoms with van der Waals surface area (Å²) >= 11 is 0. The number of hydrogen-bond donors (Lipinski definition) is 0. The standard InChI is InChI=1S/C9H21S/c1-7(2)10(8(3)4)9(5)6/h7-9H,1-6H3/q+1. The van der Waals surface area contributed by atoms with Crippen molar-refractivity contribution in [2.75, 3.05) is 0 Å². The van der Waals surface area contributed by atoms with Crippen LogP contribution in [0.5, 0.6) is 0 Å². The van der Waals surface area contributed by atoms with Gasteiger partial charge in [-0.05, 0) is 52.4 Å². The predicted octanol–water partition coefficient (Wildman–Crippen LogP) is 2.83. The molecule has 0 radical (unpaired) electrons. The Kier molecular flexibility index (Phi) is 4.42. The fourth-order valence-electron chi connectivity index (χ4n) is 1.63. The van der Waals surface area contributed by atoms with E-state index in [1.54, 1.807) is 0 Å². The molecule has 0 saturated carbocycles. The summed E-state index contributed by atoms with van der Waals surface area (Å²) < 4.78 is 0. The summed E-state index contributed by atoms with van der Waals surface area (Å²) in [4.78, 5) is 0. The van der Waals surface area contributed by atoms with E-state index in [-0.39, 0.29) is 0 Å². The van der Waals surface area contributed by atoms with E-state index in [1.165, 1.54) is 0 Å². The third-order valence-electron chi connectivity index (χ3n) is 1.63. The van der Waals surface area contributed by atoms with Crippen LogP contribution in [-0.2, 0) is 10.9 Å². The Hall–Kier alpha value is 0.350. The van der Waals surface area contributed by atoms with Crippen LogP contribution < -0.4 is 0 Å². The Morgan fingerprint density at radius 2 is 0.800 bits per heavy atom. The second-order valence-corrected chi connectivity index (χ2v) is 7.20. The molecule has 0 aromatic heterocycles. The van der Waals surface area contributed by atoms with Gasteiger partial charge in [-0.2, -0.15) is 0 Å². The molecule has 0 aromatic carbocycles. The van der Waals surface area contributed by atoms with Gasteiger partial charge in [-0.25, -0.2) is 0 Å². The van der Waals surface area contributed by atoms with E-state index in [1.807, 2.05) is 0 Å². The molecule has 0 fully saturated rings. The zero-order valence-corrected chi connectivity index (χ0v) is 8.96. The minimum Gasteiger partial charge on any atom is -0.0172 e. The maximum atomic E-state index is 2.34. The molecule has 62 valence electrons. The first-order valence-corrected chi connectivity index (χ1v) is 5.59. The van der Waals surface area contributed by atoms with Crippen molar-refractivity contribution in [1.82, 2.24) is 0 Å². The highest BCUT2D eigenvalue weighted by Gasteiger charge is 2.29. The van der Waals surface area contributed by atoms with Crippen LogP contribution in [0.25, 0.3) is 0 Å². The lowest BCUT2D eigenvalue weighted by atomic mass is 10.5. The highest BCUT2D eigenvalue weighted by Crippen LogP contribution is 2.17. The topological polar surface area (TPSA) is 0 Å². The Morgan fingerprint density at radius 1 is 0.600 bits per heavy atom. The van der Waals surface area contributed by atoms with Gasteiger partial charge in [0.15, 0.2) is 0 Å². The summed E-state index contributed by atoms with van der Waals surface area (Å²) in [6.07, 6.45) is 0. The minimum absolute atomic E-state index is 0.620. The van der Waals surface area contributed by atoms with Crippen molar-refractivity contribution >= 4 is 10.9 Å². The smallest absolute Gasteiger partial charge is 0.0172 e. The zero-order valence-electron chi connectivity index (χ0n) is 8.14. The molecule has 0 unspecified atom stereocenters. The van der Waals surface area contributed by atoms with Crippen LogP contribution in [0.15, 0.2) is 0 Å². The molecule has 0 aromatic rings. The summed E-state index contributed by atoms with van der Waals surface area (Å²) in [5, 5.41) is 2.58. The molecule has 0 atom stereocenters. The van der Waals surface area contributed by atoms with Crippen LogP contribution >= 0.6 is 0 Å². The Balaban J connectivity index is 3.98. The molecule has 0 aliphatic heterocycles. The molecule has 0 saturated heterocycles. The predicted molar refractivity (Wildman–Crippen MR) is 52.8 cm³/mol. The number of hydrogen-bond acceptors (Lipinski definition) is 0. The van der Waals surface area contributed by atoms with Gasteiger partial charge in [-0.15, -0.1) is 0 Å². The van der Waals surface area contributed by atoms with E-state index in [0.717, 1.165) is 15.7 Å². The molecule has 1 heteroatoms. The van der Waals surface area contributed by atoms with Gasteiger partial charge in [-0.3, -0.25) is 0 Å². The van der Waals surface area contributed by atoms with E-state index < -0.39 is 0 Å². The summed E-state index contributed by atoms with van der Waals surface area (Å²) in [6.45, 7) is 14.0. The van der Waals surface area contributed by atoms with Crippen molar-refractivity contribution in [2.45, 2.75) is 57.3 Å². The SMILES string of the molecule is CC(C)[S+](C(C)C)C(C)C. The van der Waals surface area contributed by atoms with E-state index >= 15 is 0 Å². The van der Waals surface area contributed by atoms with E-state index in [2.05, 4.69) is 41.5 Å². The van der Waals surface area contributed by atoms with Gasteiger partial charge < -0.3 is 0 Å². The third-order valence-corrected chi connectivity index (χ3v) is 4.90. The van der Waals surface area contributed by atoms with Crippen LogP contribution in [0.3, 0.4) is 0 Å². The van der Waals surface area contributed by atoms with Crippen LogP contribution in [0.2, 0.25) is 0 Å². The molecule has 0 rings (SSSR count). The lowest BCUT2D eigenvalue weighted by Crippen LogP contribution is -2.31. The molecule has 0 spiro atoms. The van der Waals surface area contributed by atoms with Crippen molar-refractivity contribution in [3.8, 4) is 0 Å². The van der Waals surface area contributed by atoms with Crippen molar-refractivity contribution in [2.24, 2.45) is 0 Å². The fraction of sp³-hybridized carbons (Fsp3) is 1.00. The summed E-state index contributed by atoms with van der Waals surface area (Å²) in [5.41, 5.74) is 0. The first-order chi connectivity index (χ1) is 4.46. The lowest BCUT2D eigenvalue weighted by molar-refractivity contribution is 0.965. The summed E-state index contributed by atoms with van der Waals surface area (Å²) in [7, 11) is 0.620. The summed E-state index contributed by atoms with van der Waals surface area (Å²) in [6, 6.07) is 0. The van der Waals surface area contributed by atoms with E-state index in [4.69, 9.17) is 0 Å². The van der Waals surface area contributed by atoms with Crippen LogP contribution in [0.1, 0.15) is 41.5 Å². The summed E-state index contributed by atoms with van der Waals surface area (Å²) in [5.74, 6) is 0. The molecule has 0 bridgehead atoms. The molecule has 0 aliphatic carbocycles. The minimum atomic E-state index is 0.620. The van der Waals surface area contributed by atoms with Gasteiger partial charge in [0.1, 0.15) is 15.7 Å². The van der Waals surface area contributed by atoms with Crippen LogP contribution in [0, 0.1) is 0 Å². The molecule has 0 heterocycles. The van der Waals surface area contributed by atoms with Gasteiger partial charge in [0.25, 0.3) is 0 Å². The molecule has 0 nitrogen and oxygen atoms in total. The lowest BCUT2D eigenvalue weighted by Gasteiger charge is -2.18. The number of rotatable bonds is 3. The van der Waals surface area contributed by atoms with Gasteiger partial charge >= 0.3 is 0 Å². The quantitative estimate of drug-likeness (QED) is 0.558. The van der Waals surface area contributed by atoms with Gasteiger partial charge in [0.05, 0.1) is 0 Å². The fourth-order valence-corrected chi connectivity index (χ4v) is 4.90. The maximum Gasteiger partial charge on any atom is 0.113 e. The molecule has 0 N–H and O–H groups in total. The van der Waals surface area contributed by atoms with Crippen molar-refractivity contribution in [3.63, 3.8) is 0 Å². The van der Waals surface area contributed by atoms with E-state index in [0.29, 0.717) is 10.9 Å². The van der Waals surface area contributed by atoms with Crippen molar-refractivity contribution in [1.29, 1.82) is 0 Å². The Bertz CT molecular complexity index is 65.7. The van der Waals surface area contributed by atoms with Gasteiger partial charge in [0, 0.05) is 0 Å². The van der Waals surface area contributed by atoms with Gasteiger partial charge in [-0.1, -0.05) is 0 Å². The third kappa shape index (κ3) is 2.96. The zero-order chi connectivity index (χ0) is 8.31. The Labute approximate surface area is 68.7 Å².